The summed E-state index contributed by atoms with van der Waals surface area (Å²) in [5.74, 6) is -0.307. The number of benzene rings is 1. The Morgan fingerprint density at radius 2 is 1.12 bits per heavy atom. The fourth-order valence-corrected chi connectivity index (χ4v) is 17.9. The summed E-state index contributed by atoms with van der Waals surface area (Å²) in [6.45, 7) is 21.5. The molecule has 26 heavy (non-hydrogen) atoms. The van der Waals surface area contributed by atoms with Crippen LogP contribution in [0.15, 0.2) is 24.3 Å². The second-order valence-corrected chi connectivity index (χ2v) is 22.4. The average Bonchev–Trinajstić information content (AvgIpc) is 2.36. The molecule has 0 atom stereocenters. The van der Waals surface area contributed by atoms with Gasteiger partial charge >= 0.3 is 8.89 Å². The summed E-state index contributed by atoms with van der Waals surface area (Å²) in [7, 11) is -7.69. The first-order valence-electron chi connectivity index (χ1n) is 9.42. The lowest BCUT2D eigenvalue weighted by molar-refractivity contribution is 0.357. The van der Waals surface area contributed by atoms with E-state index >= 15 is 4.11 Å². The highest BCUT2D eigenvalue weighted by Gasteiger charge is 2.58. The molecule has 150 valence electrons. The number of nitrogens with one attached hydrogen (secondary N) is 1. The Labute approximate surface area is 162 Å². The molecule has 1 aromatic carbocycles. The average molecular weight is 418 g/mol. The van der Waals surface area contributed by atoms with Gasteiger partial charge in [0.15, 0.2) is 0 Å². The molecule has 1 N–H and O–H groups in total. The minimum absolute atomic E-state index is 0.0869. The summed E-state index contributed by atoms with van der Waals surface area (Å²) in [4.78, 5) is 3.29. The summed E-state index contributed by atoms with van der Waals surface area (Å²) in [6, 6.07) is 6.23. The van der Waals surface area contributed by atoms with Crippen molar-refractivity contribution in [2.45, 2.75) is 79.1 Å². The zero-order valence-corrected chi connectivity index (χ0v) is 21.1. The zero-order chi connectivity index (χ0) is 20.5. The molecular weight excluding hydrogens is 380 g/mol. The van der Waals surface area contributed by atoms with Gasteiger partial charge in [-0.1, -0.05) is 67.0 Å². The molecule has 0 aliphatic carbocycles. The molecule has 0 radical (unpaired) electrons. The molecule has 0 bridgehead atoms. The predicted molar refractivity (Wildman–Crippen MR) is 118 cm³/mol. The van der Waals surface area contributed by atoms with E-state index in [0.29, 0.717) is 5.69 Å². The molecule has 0 saturated heterocycles. The van der Waals surface area contributed by atoms with Gasteiger partial charge in [0, 0.05) is 5.69 Å². The van der Waals surface area contributed by atoms with Gasteiger partial charge in [-0.25, -0.2) is 8.50 Å². The summed E-state index contributed by atoms with van der Waals surface area (Å²) < 4.78 is 34.9. The minimum atomic E-state index is -3.75. The predicted octanol–water partition coefficient (Wildman–Crippen LogP) is 5.73. The summed E-state index contributed by atoms with van der Waals surface area (Å²) in [5, 5.41) is 0. The Bertz CT molecular complexity index is 555. The molecule has 0 aliphatic heterocycles. The Morgan fingerprint density at radius 3 is 1.38 bits per heavy atom. The van der Waals surface area contributed by atoms with Crippen molar-refractivity contribution < 1.29 is 8.50 Å². The fraction of sp³-hybridized carbons (Fsp3) is 0.667. The van der Waals surface area contributed by atoms with Gasteiger partial charge in [0.2, 0.25) is 0 Å². The van der Waals surface area contributed by atoms with E-state index in [-0.39, 0.29) is 17.9 Å². The standard InChI is InChI=1S/C18H37F2N3Si3/c1-15(2)22(24(5,6)7)26(20,23(16(3)4)25(8,9)10)21-18-13-11-17(19)12-14-18/h11-16,21H,1-10H3. The smallest absolute Gasteiger partial charge is 0.362 e. The quantitative estimate of drug-likeness (QED) is 0.430. The summed E-state index contributed by atoms with van der Waals surface area (Å²) in [5.41, 5.74) is 0.647. The first-order chi connectivity index (χ1) is 11.6. The van der Waals surface area contributed by atoms with Gasteiger partial charge in [-0.15, -0.1) is 0 Å². The number of nitrogens with zero attached hydrogens (tertiary/aromatic N) is 2. The van der Waals surface area contributed by atoms with Gasteiger partial charge in [-0.05, 0) is 36.3 Å². The monoisotopic (exact) mass is 417 g/mol. The van der Waals surface area contributed by atoms with Crippen LogP contribution in [0, 0.1) is 5.82 Å². The van der Waals surface area contributed by atoms with E-state index in [1.807, 2.05) is 0 Å². The second kappa shape index (κ2) is 8.22. The van der Waals surface area contributed by atoms with E-state index in [9.17, 15) is 4.39 Å². The molecule has 0 saturated carbocycles. The van der Waals surface area contributed by atoms with Crippen molar-refractivity contribution in [3.05, 3.63) is 30.1 Å². The molecule has 0 aliphatic rings. The van der Waals surface area contributed by atoms with Crippen LogP contribution in [0.1, 0.15) is 27.7 Å². The lowest BCUT2D eigenvalue weighted by Crippen LogP contribution is -2.80. The van der Waals surface area contributed by atoms with Crippen LogP contribution in [0.3, 0.4) is 0 Å². The van der Waals surface area contributed by atoms with Gasteiger partial charge < -0.3 is 4.98 Å². The van der Waals surface area contributed by atoms with Crippen molar-refractivity contribution in [2.75, 3.05) is 4.98 Å². The first-order valence-corrected chi connectivity index (χ1v) is 18.1. The lowest BCUT2D eigenvalue weighted by atomic mass is 10.3. The van der Waals surface area contributed by atoms with Crippen LogP contribution in [0.25, 0.3) is 0 Å². The van der Waals surface area contributed by atoms with Crippen molar-refractivity contribution in [1.29, 1.82) is 0 Å². The number of halogens is 2. The highest BCUT2D eigenvalue weighted by molar-refractivity contribution is 6.95. The number of hydrogen-bond acceptors (Lipinski definition) is 3. The zero-order valence-electron chi connectivity index (χ0n) is 18.1. The van der Waals surface area contributed by atoms with E-state index in [2.05, 4.69) is 80.4 Å². The van der Waals surface area contributed by atoms with Crippen LogP contribution < -0.4 is 4.98 Å². The lowest BCUT2D eigenvalue weighted by Gasteiger charge is -2.54. The maximum Gasteiger partial charge on any atom is 0.504 e. The van der Waals surface area contributed by atoms with Crippen molar-refractivity contribution in [3.63, 3.8) is 0 Å². The third-order valence-electron chi connectivity index (χ3n) is 4.26. The second-order valence-electron chi connectivity index (χ2n) is 9.49. The van der Waals surface area contributed by atoms with Crippen LogP contribution in [0.4, 0.5) is 14.2 Å². The highest BCUT2D eigenvalue weighted by Crippen LogP contribution is 2.33. The van der Waals surface area contributed by atoms with Crippen LogP contribution in [0.2, 0.25) is 39.3 Å². The number of hydrogen-bond donors (Lipinski definition) is 1. The molecule has 0 heterocycles. The van der Waals surface area contributed by atoms with E-state index in [0.717, 1.165) is 0 Å². The van der Waals surface area contributed by atoms with Gasteiger partial charge in [0.1, 0.15) is 22.3 Å². The van der Waals surface area contributed by atoms with Gasteiger partial charge in [0.25, 0.3) is 0 Å². The summed E-state index contributed by atoms with van der Waals surface area (Å²) in [6.07, 6.45) is 0. The molecule has 1 rings (SSSR count). The molecule has 0 spiro atoms. The van der Waals surface area contributed by atoms with Gasteiger partial charge in [0.05, 0.1) is 0 Å². The fourth-order valence-electron chi connectivity index (χ4n) is 4.08. The SMILES string of the molecule is CC(C)N([Si](C)(C)C)[Si](F)(Nc1ccc(F)cc1)N(C(C)C)[Si](C)(C)C. The van der Waals surface area contributed by atoms with Crippen molar-refractivity contribution in [2.24, 2.45) is 0 Å². The van der Waals surface area contributed by atoms with Gasteiger partial charge in [-0.2, -0.15) is 0 Å². The number of rotatable bonds is 8. The first kappa shape index (κ1) is 23.5. The normalized spacial score (nSPS) is 14.0. The van der Waals surface area contributed by atoms with Gasteiger partial charge in [-0.3, -0.25) is 8.46 Å². The van der Waals surface area contributed by atoms with E-state index in [4.69, 9.17) is 0 Å². The topological polar surface area (TPSA) is 18.5 Å². The molecule has 3 nitrogen and oxygen atoms in total. The highest BCUT2D eigenvalue weighted by atomic mass is 28.5. The maximum absolute atomic E-state index is 17.3. The third-order valence-corrected chi connectivity index (χ3v) is 16.9. The molecule has 0 aromatic heterocycles. The van der Waals surface area contributed by atoms with Crippen molar-refractivity contribution >= 4 is 31.1 Å². The van der Waals surface area contributed by atoms with E-state index < -0.39 is 25.4 Å². The minimum Gasteiger partial charge on any atom is -0.362 e. The molecule has 0 amide bonds. The van der Waals surface area contributed by atoms with E-state index in [1.165, 1.54) is 12.1 Å². The molecule has 1 aromatic rings. The summed E-state index contributed by atoms with van der Waals surface area (Å²) >= 11 is 0. The van der Waals surface area contributed by atoms with Crippen molar-refractivity contribution in [3.8, 4) is 0 Å². The number of anilines is 1. The van der Waals surface area contributed by atoms with Crippen LogP contribution in [-0.2, 0) is 0 Å². The largest absolute Gasteiger partial charge is 0.504 e. The Morgan fingerprint density at radius 1 is 0.769 bits per heavy atom. The van der Waals surface area contributed by atoms with Crippen molar-refractivity contribution in [1.82, 2.24) is 8.46 Å². The molecule has 0 fully saturated rings. The molecule has 0 unspecified atom stereocenters. The Hall–Kier alpha value is -0.549. The third kappa shape index (κ3) is 5.48. The van der Waals surface area contributed by atoms with Crippen LogP contribution in [-0.4, -0.2) is 45.9 Å². The maximum atomic E-state index is 17.3. The molecular formula is C18H37F2N3Si3. The Balaban J connectivity index is 3.59. The van der Waals surface area contributed by atoms with Crippen LogP contribution >= 0.6 is 0 Å². The Kier molecular flexibility index (Phi) is 7.42. The van der Waals surface area contributed by atoms with Crippen LogP contribution in [0.5, 0.6) is 0 Å². The van der Waals surface area contributed by atoms with E-state index in [1.54, 1.807) is 12.1 Å². The molecule has 8 heteroatoms.